The molecule has 0 unspecified atom stereocenters. The number of hydrogen-bond donors (Lipinski definition) is 3. The van der Waals surface area contributed by atoms with Gasteiger partial charge in [-0.3, -0.25) is 10.1 Å². The number of hydrogen-bond acceptors (Lipinski definition) is 5. The van der Waals surface area contributed by atoms with E-state index in [0.717, 1.165) is 63.6 Å². The Morgan fingerprint density at radius 3 is 2.86 bits per heavy atom. The Kier molecular flexibility index (Phi) is 4.32. The van der Waals surface area contributed by atoms with E-state index in [9.17, 15) is 0 Å². The molecule has 0 aliphatic carbocycles. The number of pyridine rings is 1. The van der Waals surface area contributed by atoms with Crippen molar-refractivity contribution in [1.82, 2.24) is 25.1 Å². The van der Waals surface area contributed by atoms with Crippen LogP contribution < -0.4 is 10.1 Å². The molecule has 0 radical (unpaired) electrons. The first kappa shape index (κ1) is 17.2. The molecule has 7 heteroatoms. The number of nitrogens with one attached hydrogen (secondary N) is 3. The second kappa shape index (κ2) is 7.27. The highest BCUT2D eigenvalue weighted by Gasteiger charge is 2.13. The minimum absolute atomic E-state index is 0.727. The quantitative estimate of drug-likeness (QED) is 0.409. The summed E-state index contributed by atoms with van der Waals surface area (Å²) >= 11 is 0. The third kappa shape index (κ3) is 3.38. The van der Waals surface area contributed by atoms with E-state index in [1.807, 2.05) is 54.7 Å². The van der Waals surface area contributed by atoms with Gasteiger partial charge in [0, 0.05) is 35.9 Å². The van der Waals surface area contributed by atoms with Crippen LogP contribution in [0.15, 0.2) is 60.8 Å². The number of H-pyrrole nitrogens is 2. The Morgan fingerprint density at radius 1 is 1.03 bits per heavy atom. The van der Waals surface area contributed by atoms with Gasteiger partial charge in [0.2, 0.25) is 0 Å². The van der Waals surface area contributed by atoms with Gasteiger partial charge in [0.05, 0.1) is 23.7 Å². The predicted molar refractivity (Wildman–Crippen MR) is 114 cm³/mol. The van der Waals surface area contributed by atoms with Crippen molar-refractivity contribution in [2.45, 2.75) is 6.42 Å². The van der Waals surface area contributed by atoms with Gasteiger partial charge in [-0.15, -0.1) is 0 Å². The molecule has 0 atom stereocenters. The fourth-order valence-electron chi connectivity index (χ4n) is 3.41. The molecule has 0 spiro atoms. The molecular weight excluding hydrogens is 364 g/mol. The van der Waals surface area contributed by atoms with Gasteiger partial charge in [0.15, 0.2) is 5.82 Å². The zero-order valence-corrected chi connectivity index (χ0v) is 15.9. The molecule has 2 aromatic carbocycles. The zero-order valence-electron chi connectivity index (χ0n) is 15.9. The minimum atomic E-state index is 0.727. The molecule has 0 amide bonds. The topological polar surface area (TPSA) is 91.5 Å². The smallest absolute Gasteiger partial charge is 0.159 e. The molecule has 0 aliphatic heterocycles. The van der Waals surface area contributed by atoms with Crippen molar-refractivity contribution < 1.29 is 4.74 Å². The second-order valence-electron chi connectivity index (χ2n) is 6.80. The number of ether oxygens (including phenoxy) is 1. The highest BCUT2D eigenvalue weighted by atomic mass is 16.5. The van der Waals surface area contributed by atoms with Crippen molar-refractivity contribution in [3.8, 4) is 17.3 Å². The van der Waals surface area contributed by atoms with Gasteiger partial charge < -0.3 is 15.0 Å². The first-order chi connectivity index (χ1) is 14.3. The molecule has 5 rings (SSSR count). The van der Waals surface area contributed by atoms with E-state index in [0.29, 0.717) is 0 Å². The van der Waals surface area contributed by atoms with E-state index in [2.05, 4.69) is 31.5 Å². The summed E-state index contributed by atoms with van der Waals surface area (Å²) in [6.07, 6.45) is 2.69. The van der Waals surface area contributed by atoms with E-state index in [-0.39, 0.29) is 0 Å². The van der Waals surface area contributed by atoms with Crippen LogP contribution in [-0.4, -0.2) is 38.8 Å². The van der Waals surface area contributed by atoms with Crippen molar-refractivity contribution >= 4 is 27.6 Å². The van der Waals surface area contributed by atoms with Crippen LogP contribution in [0.2, 0.25) is 0 Å². The third-order valence-corrected chi connectivity index (χ3v) is 4.91. The summed E-state index contributed by atoms with van der Waals surface area (Å²) in [5, 5.41) is 11.9. The standard InChI is InChI=1S/C22H20N6O/c1-29-16-6-8-18-17(13-16)21(28-27-18)22-25-19-7-5-15(12-20(19)26-22)24-11-9-14-4-2-3-10-23-14/h2-8,10,12-13,24H,9,11H2,1H3,(H,25,26)(H,27,28). The highest BCUT2D eigenvalue weighted by molar-refractivity contribution is 5.94. The van der Waals surface area contributed by atoms with E-state index in [1.54, 1.807) is 7.11 Å². The fourth-order valence-corrected chi connectivity index (χ4v) is 3.41. The highest BCUT2D eigenvalue weighted by Crippen LogP contribution is 2.29. The average molecular weight is 384 g/mol. The van der Waals surface area contributed by atoms with Gasteiger partial charge in [-0.25, -0.2) is 4.98 Å². The summed E-state index contributed by atoms with van der Waals surface area (Å²) in [6.45, 7) is 0.813. The van der Waals surface area contributed by atoms with Crippen molar-refractivity contribution in [3.05, 3.63) is 66.5 Å². The molecule has 144 valence electrons. The van der Waals surface area contributed by atoms with E-state index in [1.165, 1.54) is 0 Å². The number of nitrogens with zero attached hydrogens (tertiary/aromatic N) is 3. The molecule has 0 fully saturated rings. The van der Waals surface area contributed by atoms with E-state index < -0.39 is 0 Å². The maximum Gasteiger partial charge on any atom is 0.159 e. The van der Waals surface area contributed by atoms with E-state index >= 15 is 0 Å². The van der Waals surface area contributed by atoms with Gasteiger partial charge in [-0.05, 0) is 48.5 Å². The summed E-state index contributed by atoms with van der Waals surface area (Å²) in [6, 6.07) is 17.9. The van der Waals surface area contributed by atoms with Crippen LogP contribution in [0.25, 0.3) is 33.5 Å². The first-order valence-electron chi connectivity index (χ1n) is 9.46. The number of anilines is 1. The summed E-state index contributed by atoms with van der Waals surface area (Å²) < 4.78 is 5.34. The predicted octanol–water partition coefficient (Wildman–Crippen LogP) is 4.16. The lowest BCUT2D eigenvalue weighted by molar-refractivity contribution is 0.415. The van der Waals surface area contributed by atoms with Crippen LogP contribution in [0, 0.1) is 0 Å². The Hall–Kier alpha value is -3.87. The summed E-state index contributed by atoms with van der Waals surface area (Å²) in [4.78, 5) is 12.5. The lowest BCUT2D eigenvalue weighted by atomic mass is 10.2. The van der Waals surface area contributed by atoms with Crippen LogP contribution in [0.3, 0.4) is 0 Å². The maximum absolute atomic E-state index is 5.34. The van der Waals surface area contributed by atoms with Crippen LogP contribution >= 0.6 is 0 Å². The summed E-state index contributed by atoms with van der Waals surface area (Å²) in [7, 11) is 1.66. The molecular formula is C22H20N6O. The average Bonchev–Trinajstić information content (AvgIpc) is 3.37. The summed E-state index contributed by atoms with van der Waals surface area (Å²) in [5.41, 5.74) is 5.69. The molecule has 3 aromatic heterocycles. The van der Waals surface area contributed by atoms with Gasteiger partial charge >= 0.3 is 0 Å². The molecule has 5 aromatic rings. The SMILES string of the molecule is COc1ccc2[nH]nc(-c3nc4ccc(NCCc5ccccn5)cc4[nH]3)c2c1. The number of benzene rings is 2. The Labute approximate surface area is 167 Å². The molecule has 0 saturated carbocycles. The number of aromatic nitrogens is 5. The van der Waals surface area contributed by atoms with Crippen LogP contribution in [0.4, 0.5) is 5.69 Å². The zero-order chi connectivity index (χ0) is 19.6. The minimum Gasteiger partial charge on any atom is -0.497 e. The van der Waals surface area contributed by atoms with Crippen molar-refractivity contribution in [3.63, 3.8) is 0 Å². The van der Waals surface area contributed by atoms with Gasteiger partial charge in [0.1, 0.15) is 11.4 Å². The van der Waals surface area contributed by atoms with Gasteiger partial charge in [-0.2, -0.15) is 5.10 Å². The molecule has 0 saturated heterocycles. The van der Waals surface area contributed by atoms with Gasteiger partial charge in [0.25, 0.3) is 0 Å². The molecule has 0 bridgehead atoms. The monoisotopic (exact) mass is 384 g/mol. The molecule has 0 aliphatic rings. The van der Waals surface area contributed by atoms with Crippen LogP contribution in [0.1, 0.15) is 5.69 Å². The number of methoxy groups -OCH3 is 1. The lowest BCUT2D eigenvalue weighted by Gasteiger charge is -2.05. The number of imidazole rings is 1. The Bertz CT molecular complexity index is 1270. The molecule has 3 N–H and O–H groups in total. The molecule has 7 nitrogen and oxygen atoms in total. The fraction of sp³-hybridized carbons (Fsp3) is 0.136. The van der Waals surface area contributed by atoms with Crippen molar-refractivity contribution in [2.24, 2.45) is 0 Å². The number of aromatic amines is 2. The molecule has 3 heterocycles. The van der Waals surface area contributed by atoms with Gasteiger partial charge in [-0.1, -0.05) is 6.07 Å². The number of rotatable bonds is 6. The van der Waals surface area contributed by atoms with Crippen molar-refractivity contribution in [2.75, 3.05) is 19.0 Å². The first-order valence-corrected chi connectivity index (χ1v) is 9.46. The molecule has 29 heavy (non-hydrogen) atoms. The Morgan fingerprint density at radius 2 is 2.00 bits per heavy atom. The third-order valence-electron chi connectivity index (χ3n) is 4.91. The second-order valence-corrected chi connectivity index (χ2v) is 6.80. The largest absolute Gasteiger partial charge is 0.497 e. The van der Waals surface area contributed by atoms with Crippen LogP contribution in [-0.2, 0) is 6.42 Å². The van der Waals surface area contributed by atoms with Crippen molar-refractivity contribution in [1.29, 1.82) is 0 Å². The van der Waals surface area contributed by atoms with Crippen LogP contribution in [0.5, 0.6) is 5.75 Å². The normalized spacial score (nSPS) is 11.2. The maximum atomic E-state index is 5.34. The summed E-state index contributed by atoms with van der Waals surface area (Å²) in [5.74, 6) is 1.51. The number of fused-ring (bicyclic) bond motifs is 2. The van der Waals surface area contributed by atoms with E-state index in [4.69, 9.17) is 9.72 Å². The Balaban J connectivity index is 1.39. The lowest BCUT2D eigenvalue weighted by Crippen LogP contribution is -2.05.